The number of hydrogen-bond acceptors (Lipinski definition) is 1. The van der Waals surface area contributed by atoms with E-state index in [2.05, 4.69) is 222 Å². The van der Waals surface area contributed by atoms with E-state index in [4.69, 9.17) is 4.99 Å². The Hall–Kier alpha value is -6.05. The molecule has 1 nitrogen and oxygen atoms in total. The van der Waals surface area contributed by atoms with E-state index in [-0.39, 0.29) is 12.0 Å². The summed E-state index contributed by atoms with van der Waals surface area (Å²) in [5, 5.41) is 2.63. The number of benzene rings is 7. The lowest BCUT2D eigenvalue weighted by Crippen LogP contribution is -2.28. The smallest absolute Gasteiger partial charge is 0.0780 e. The monoisotopic (exact) mass is 793 g/mol. The zero-order valence-corrected chi connectivity index (χ0v) is 36.3. The van der Waals surface area contributed by atoms with Gasteiger partial charge in [0.2, 0.25) is 0 Å². The molecule has 0 radical (unpaired) electrons. The molecule has 1 aliphatic carbocycles. The van der Waals surface area contributed by atoms with Crippen LogP contribution in [0.5, 0.6) is 0 Å². The van der Waals surface area contributed by atoms with Crippen molar-refractivity contribution in [2.75, 3.05) is 0 Å². The first kappa shape index (κ1) is 40.4. The number of rotatable bonds is 9. The molecular weight excluding hydrogens is 735 g/mol. The van der Waals surface area contributed by atoms with Crippen LogP contribution >= 0.6 is 0 Å². The quantitative estimate of drug-likeness (QED) is 0.138. The Morgan fingerprint density at radius 3 is 1.64 bits per heavy atom. The van der Waals surface area contributed by atoms with Gasteiger partial charge in [-0.15, -0.1) is 0 Å². The summed E-state index contributed by atoms with van der Waals surface area (Å²) >= 11 is 0. The molecule has 1 heterocycles. The Kier molecular flexibility index (Phi) is 12.1. The summed E-state index contributed by atoms with van der Waals surface area (Å²) in [7, 11) is 0. The van der Waals surface area contributed by atoms with Gasteiger partial charge in [0.15, 0.2) is 0 Å². The predicted octanol–water partition coefficient (Wildman–Crippen LogP) is 16.2. The minimum Gasteiger partial charge on any atom is -0.280 e. The van der Waals surface area contributed by atoms with Crippen LogP contribution in [-0.4, -0.2) is 5.71 Å². The Morgan fingerprint density at radius 1 is 0.475 bits per heavy atom. The standard InChI is InChI=1S/C60H59N/c1-5-50-52(43-22-11-7-12-23-43)33-21-30-49(40-57(50)44-24-13-8-14-25-44)54-39-38-53(55-31-19-20-32-56(54)55)45-34-36-48(37-35-45)59-42(4)41(3)58(46-26-15-9-16-27-46)51(6-2)60(61-59)47-28-17-10-18-29-47/h7-20,22-29,31-42,50-51,57-59H,5-6,21,30H2,1-4H3/b49-40+,52-33-. The summed E-state index contributed by atoms with van der Waals surface area (Å²) in [5.41, 5.74) is 14.7. The van der Waals surface area contributed by atoms with Gasteiger partial charge in [0.05, 0.1) is 6.04 Å². The molecule has 0 saturated carbocycles. The molecule has 61 heavy (non-hydrogen) atoms. The maximum absolute atomic E-state index is 5.77. The number of hydrogen-bond donors (Lipinski definition) is 0. The highest BCUT2D eigenvalue weighted by molar-refractivity contribution is 6.04. The maximum Gasteiger partial charge on any atom is 0.0780 e. The highest BCUT2D eigenvalue weighted by Gasteiger charge is 2.40. The SMILES string of the molecule is CCC1C(c2ccccc2)=NC(c2ccc(-c3ccc(/C4=C/C(c5ccccc5)C(CC)/C(c5ccccc5)=C\CC4)c4ccccc34)cc2)C(C)C(C)C1c1ccccc1. The number of allylic oxidation sites excluding steroid dienone is 4. The molecule has 7 unspecified atom stereocenters. The lowest BCUT2D eigenvalue weighted by atomic mass is 9.69. The maximum atomic E-state index is 5.77. The molecular formula is C60H59N. The van der Waals surface area contributed by atoms with Crippen LogP contribution in [0.15, 0.2) is 199 Å². The normalized spacial score (nSPS) is 24.9. The van der Waals surface area contributed by atoms with Gasteiger partial charge in [0.1, 0.15) is 0 Å². The van der Waals surface area contributed by atoms with Crippen LogP contribution in [0.1, 0.15) is 105 Å². The molecule has 9 rings (SSSR count). The van der Waals surface area contributed by atoms with Gasteiger partial charge >= 0.3 is 0 Å². The lowest BCUT2D eigenvalue weighted by Gasteiger charge is -2.34. The zero-order chi connectivity index (χ0) is 41.7. The molecule has 0 bridgehead atoms. The molecule has 0 amide bonds. The van der Waals surface area contributed by atoms with E-state index in [1.807, 2.05) is 0 Å². The Bertz CT molecular complexity index is 2640. The van der Waals surface area contributed by atoms with E-state index in [0.29, 0.717) is 29.6 Å². The van der Waals surface area contributed by atoms with Crippen LogP contribution in [0.4, 0.5) is 0 Å². The van der Waals surface area contributed by atoms with Crippen molar-refractivity contribution < 1.29 is 0 Å². The van der Waals surface area contributed by atoms with Crippen molar-refractivity contribution in [3.05, 3.63) is 228 Å². The summed E-state index contributed by atoms with van der Waals surface area (Å²) < 4.78 is 0. The molecule has 7 aromatic carbocycles. The fourth-order valence-corrected chi connectivity index (χ4v) is 10.9. The number of nitrogens with zero attached hydrogens (tertiary/aromatic N) is 1. The van der Waals surface area contributed by atoms with E-state index in [0.717, 1.165) is 25.7 Å². The minimum absolute atomic E-state index is 0.0633. The summed E-state index contributed by atoms with van der Waals surface area (Å²) in [6.45, 7) is 9.61. The molecule has 0 spiro atoms. The zero-order valence-electron chi connectivity index (χ0n) is 36.3. The predicted molar refractivity (Wildman–Crippen MR) is 261 cm³/mol. The largest absolute Gasteiger partial charge is 0.280 e. The van der Waals surface area contributed by atoms with Gasteiger partial charge in [-0.3, -0.25) is 4.99 Å². The van der Waals surface area contributed by atoms with Gasteiger partial charge in [-0.25, -0.2) is 0 Å². The molecule has 304 valence electrons. The first-order chi connectivity index (χ1) is 30.0. The molecule has 0 aromatic heterocycles. The van der Waals surface area contributed by atoms with Gasteiger partial charge in [0.25, 0.3) is 0 Å². The number of aliphatic imine (C=N–C) groups is 1. The van der Waals surface area contributed by atoms with Gasteiger partial charge in [-0.1, -0.05) is 222 Å². The molecule has 0 saturated heterocycles. The Balaban J connectivity index is 1.09. The van der Waals surface area contributed by atoms with Crippen molar-refractivity contribution in [2.24, 2.45) is 28.7 Å². The Labute approximate surface area is 364 Å². The summed E-state index contributed by atoms with van der Waals surface area (Å²) in [4.78, 5) is 5.77. The summed E-state index contributed by atoms with van der Waals surface area (Å²) in [6.07, 6.45) is 9.31. The van der Waals surface area contributed by atoms with E-state index >= 15 is 0 Å². The Morgan fingerprint density at radius 2 is 1.02 bits per heavy atom. The third-order valence-corrected chi connectivity index (χ3v) is 14.2. The third kappa shape index (κ3) is 8.11. The highest BCUT2D eigenvalue weighted by Crippen LogP contribution is 2.49. The number of fused-ring (bicyclic) bond motifs is 1. The second-order valence-electron chi connectivity index (χ2n) is 17.5. The molecule has 2 aliphatic rings. The van der Waals surface area contributed by atoms with Crippen molar-refractivity contribution in [3.63, 3.8) is 0 Å². The first-order valence-corrected chi connectivity index (χ1v) is 22.9. The topological polar surface area (TPSA) is 12.4 Å². The van der Waals surface area contributed by atoms with Crippen molar-refractivity contribution in [3.8, 4) is 11.1 Å². The van der Waals surface area contributed by atoms with Gasteiger partial charge in [-0.2, -0.15) is 0 Å². The molecule has 7 atom stereocenters. The summed E-state index contributed by atoms with van der Waals surface area (Å²) in [6, 6.07) is 67.8. The van der Waals surface area contributed by atoms with Crippen LogP contribution in [0, 0.1) is 23.7 Å². The summed E-state index contributed by atoms with van der Waals surface area (Å²) in [5.74, 6) is 2.18. The van der Waals surface area contributed by atoms with E-state index in [1.54, 1.807) is 0 Å². The lowest BCUT2D eigenvalue weighted by molar-refractivity contribution is 0.266. The highest BCUT2D eigenvalue weighted by atomic mass is 14.8. The van der Waals surface area contributed by atoms with Gasteiger partial charge < -0.3 is 0 Å². The average Bonchev–Trinajstić information content (AvgIpc) is 3.43. The van der Waals surface area contributed by atoms with Crippen molar-refractivity contribution in [2.45, 2.75) is 71.3 Å². The van der Waals surface area contributed by atoms with Gasteiger partial charge in [0, 0.05) is 17.5 Å². The van der Waals surface area contributed by atoms with Crippen LogP contribution in [0.2, 0.25) is 0 Å². The van der Waals surface area contributed by atoms with Crippen molar-refractivity contribution in [1.29, 1.82) is 0 Å². The van der Waals surface area contributed by atoms with Crippen molar-refractivity contribution in [1.82, 2.24) is 0 Å². The van der Waals surface area contributed by atoms with E-state index < -0.39 is 0 Å². The van der Waals surface area contributed by atoms with E-state index in [1.165, 1.54) is 72.1 Å². The molecule has 7 aromatic rings. The van der Waals surface area contributed by atoms with Crippen molar-refractivity contribution >= 4 is 27.6 Å². The van der Waals surface area contributed by atoms with Crippen LogP contribution in [0.3, 0.4) is 0 Å². The van der Waals surface area contributed by atoms with Crippen LogP contribution < -0.4 is 0 Å². The van der Waals surface area contributed by atoms with Crippen LogP contribution in [0.25, 0.3) is 33.0 Å². The van der Waals surface area contributed by atoms with E-state index in [9.17, 15) is 0 Å². The van der Waals surface area contributed by atoms with Gasteiger partial charge in [-0.05, 0) is 116 Å². The minimum atomic E-state index is 0.0633. The second-order valence-corrected chi connectivity index (χ2v) is 17.5. The fourth-order valence-electron chi connectivity index (χ4n) is 10.9. The average molecular weight is 794 g/mol. The molecule has 1 heteroatoms. The third-order valence-electron chi connectivity index (χ3n) is 14.2. The molecule has 0 N–H and O–H groups in total. The fraction of sp³-hybridized carbons (Fsp3) is 0.250. The second kappa shape index (κ2) is 18.3. The molecule has 1 aliphatic heterocycles. The molecule has 0 fully saturated rings. The van der Waals surface area contributed by atoms with Crippen LogP contribution in [-0.2, 0) is 0 Å². The first-order valence-electron chi connectivity index (χ1n) is 22.9.